The number of benzene rings is 1. The van der Waals surface area contributed by atoms with Crippen molar-refractivity contribution in [1.82, 2.24) is 0 Å². The molecule has 2 N–H and O–H groups in total. The Bertz CT molecular complexity index is 296. The molecule has 0 radical (unpaired) electrons. The third-order valence-corrected chi connectivity index (χ3v) is 1.48. The van der Waals surface area contributed by atoms with E-state index in [0.717, 1.165) is 5.56 Å². The van der Waals surface area contributed by atoms with Crippen molar-refractivity contribution in [1.29, 1.82) is 0 Å². The molecule has 0 saturated heterocycles. The largest absolute Gasteiger partial charge is 0.379 e. The first-order chi connectivity index (χ1) is 5.99. The van der Waals surface area contributed by atoms with Gasteiger partial charge >= 0.3 is 0 Å². The summed E-state index contributed by atoms with van der Waals surface area (Å²) in [5.74, 6) is 0.577. The Labute approximate surface area is 79.1 Å². The normalized spacial score (nSPS) is 13.0. The van der Waals surface area contributed by atoms with Gasteiger partial charge in [0.1, 0.15) is 0 Å². The van der Waals surface area contributed by atoms with Crippen LogP contribution in [0.3, 0.4) is 0 Å². The number of nitrogens with two attached hydrogens (primary N) is 1. The van der Waals surface area contributed by atoms with E-state index >= 15 is 0 Å². The van der Waals surface area contributed by atoms with Crippen molar-refractivity contribution >= 4 is 5.84 Å². The number of rotatable bonds is 2. The van der Waals surface area contributed by atoms with Crippen molar-refractivity contribution in [2.45, 2.75) is 0 Å². The molecule has 13 heavy (non-hydrogen) atoms. The average Bonchev–Trinajstić information content (AvgIpc) is 2.03. The molecule has 0 heterocycles. The van der Waals surface area contributed by atoms with Gasteiger partial charge in [-0.15, -0.1) is 0 Å². The van der Waals surface area contributed by atoms with E-state index in [0.29, 0.717) is 10.4 Å². The van der Waals surface area contributed by atoms with Crippen LogP contribution in [-0.2, 0) is 0 Å². The van der Waals surface area contributed by atoms with E-state index in [9.17, 15) is 0 Å². The maximum Gasteiger partial charge on any atom is 0.186 e. The molecule has 0 spiro atoms. The maximum atomic E-state index is 5.82. The predicted octanol–water partition coefficient (Wildman–Crippen LogP) is 1.01. The molecule has 1 aromatic rings. The van der Waals surface area contributed by atoms with Gasteiger partial charge in [0.05, 0.1) is 21.1 Å². The van der Waals surface area contributed by atoms with Crippen molar-refractivity contribution in [2.75, 3.05) is 21.1 Å². The first-order valence-corrected chi connectivity index (χ1v) is 4.21. The number of quaternary nitrogens is 1. The Morgan fingerprint density at radius 3 is 2.15 bits per heavy atom. The number of hydrogen-bond donors (Lipinski definition) is 1. The molecular formula is C10H16N3+. The lowest BCUT2D eigenvalue weighted by Crippen LogP contribution is -2.31. The molecule has 3 nitrogen and oxygen atoms in total. The fourth-order valence-electron chi connectivity index (χ4n) is 0.990. The van der Waals surface area contributed by atoms with Crippen LogP contribution in [0.5, 0.6) is 0 Å². The van der Waals surface area contributed by atoms with Crippen molar-refractivity contribution in [3.63, 3.8) is 0 Å². The quantitative estimate of drug-likeness (QED) is 0.312. The van der Waals surface area contributed by atoms with Crippen LogP contribution in [0.15, 0.2) is 35.4 Å². The molecule has 1 aromatic carbocycles. The van der Waals surface area contributed by atoms with Gasteiger partial charge < -0.3 is 5.73 Å². The van der Waals surface area contributed by atoms with Gasteiger partial charge in [-0.05, 0) is 0 Å². The summed E-state index contributed by atoms with van der Waals surface area (Å²) in [5.41, 5.74) is 6.78. The van der Waals surface area contributed by atoms with Crippen molar-refractivity contribution in [3.05, 3.63) is 35.9 Å². The van der Waals surface area contributed by atoms with Crippen LogP contribution in [0.25, 0.3) is 0 Å². The van der Waals surface area contributed by atoms with E-state index in [4.69, 9.17) is 5.73 Å². The van der Waals surface area contributed by atoms with Crippen LogP contribution in [0.4, 0.5) is 0 Å². The molecule has 0 amide bonds. The highest BCUT2D eigenvalue weighted by atomic mass is 15.6. The fraction of sp³-hybridized carbons (Fsp3) is 0.300. The molecule has 0 aliphatic heterocycles. The lowest BCUT2D eigenvalue weighted by Gasteiger charge is -2.15. The van der Waals surface area contributed by atoms with Gasteiger partial charge in [0.2, 0.25) is 0 Å². The smallest absolute Gasteiger partial charge is 0.186 e. The first-order valence-electron chi connectivity index (χ1n) is 4.21. The third kappa shape index (κ3) is 3.25. The van der Waals surface area contributed by atoms with E-state index in [1.54, 1.807) is 0 Å². The second-order valence-electron chi connectivity index (χ2n) is 3.79. The zero-order valence-corrected chi connectivity index (χ0v) is 8.36. The minimum atomic E-state index is 0.487. The van der Waals surface area contributed by atoms with E-state index in [1.165, 1.54) is 0 Å². The van der Waals surface area contributed by atoms with Crippen molar-refractivity contribution in [2.24, 2.45) is 10.8 Å². The van der Waals surface area contributed by atoms with Gasteiger partial charge in [-0.1, -0.05) is 35.4 Å². The fourth-order valence-corrected chi connectivity index (χ4v) is 0.990. The van der Waals surface area contributed by atoms with E-state index in [1.807, 2.05) is 51.5 Å². The SMILES string of the molecule is C[N+](C)(C)/N=C(\N)c1ccccc1. The Balaban J connectivity index is 2.92. The molecule has 0 aromatic heterocycles. The zero-order valence-electron chi connectivity index (χ0n) is 8.36. The molecule has 0 saturated carbocycles. The van der Waals surface area contributed by atoms with Crippen LogP contribution >= 0.6 is 0 Å². The molecule has 3 heteroatoms. The summed E-state index contributed by atoms with van der Waals surface area (Å²) in [5, 5.41) is 4.31. The van der Waals surface area contributed by atoms with Gasteiger partial charge in [-0.3, -0.25) is 0 Å². The Hall–Kier alpha value is -1.35. The van der Waals surface area contributed by atoms with Crippen LogP contribution < -0.4 is 5.73 Å². The van der Waals surface area contributed by atoms with Gasteiger partial charge in [0, 0.05) is 5.56 Å². The molecule has 70 valence electrons. The molecule has 0 atom stereocenters. The molecule has 0 aliphatic carbocycles. The van der Waals surface area contributed by atoms with Crippen LogP contribution in [0, 0.1) is 0 Å². The van der Waals surface area contributed by atoms with Crippen molar-refractivity contribution in [3.8, 4) is 0 Å². The molecule has 0 bridgehead atoms. The standard InChI is InChI=1S/C10H16N3/c1-13(2,3)12-10(11)9-7-5-4-6-8-9/h4-8H,1-3H3,(H2,11,12)/q+1. The summed E-state index contributed by atoms with van der Waals surface area (Å²) in [4.78, 5) is 0. The van der Waals surface area contributed by atoms with E-state index in [-0.39, 0.29) is 0 Å². The van der Waals surface area contributed by atoms with Crippen molar-refractivity contribution < 1.29 is 4.59 Å². The van der Waals surface area contributed by atoms with Crippen LogP contribution in [-0.4, -0.2) is 31.6 Å². The minimum Gasteiger partial charge on any atom is -0.379 e. The van der Waals surface area contributed by atoms with Crippen LogP contribution in [0.2, 0.25) is 0 Å². The Kier molecular flexibility index (Phi) is 2.68. The molecule has 0 aliphatic rings. The summed E-state index contributed by atoms with van der Waals surface area (Å²) in [7, 11) is 5.90. The second kappa shape index (κ2) is 3.58. The van der Waals surface area contributed by atoms with E-state index < -0.39 is 0 Å². The summed E-state index contributed by atoms with van der Waals surface area (Å²) >= 11 is 0. The molecule has 1 rings (SSSR count). The topological polar surface area (TPSA) is 38.4 Å². The highest BCUT2D eigenvalue weighted by molar-refractivity contribution is 5.96. The molecule has 0 unspecified atom stereocenters. The number of nitrogens with zero attached hydrogens (tertiary/aromatic N) is 2. The van der Waals surface area contributed by atoms with Gasteiger partial charge in [0.15, 0.2) is 5.84 Å². The summed E-state index contributed by atoms with van der Waals surface area (Å²) < 4.78 is 0.487. The number of hydrogen-bond acceptors (Lipinski definition) is 1. The van der Waals surface area contributed by atoms with Gasteiger partial charge in [-0.2, -0.15) is 0 Å². The lowest BCUT2D eigenvalue weighted by atomic mass is 10.2. The summed E-state index contributed by atoms with van der Waals surface area (Å²) in [6.45, 7) is 0. The first kappa shape index (κ1) is 9.74. The van der Waals surface area contributed by atoms with Gasteiger partial charge in [-0.25, -0.2) is 4.59 Å². The predicted molar refractivity (Wildman–Crippen MR) is 55.2 cm³/mol. The lowest BCUT2D eigenvalue weighted by molar-refractivity contribution is -0.877. The average molecular weight is 178 g/mol. The van der Waals surface area contributed by atoms with Crippen LogP contribution in [0.1, 0.15) is 5.56 Å². The maximum absolute atomic E-state index is 5.82. The number of amidine groups is 1. The monoisotopic (exact) mass is 178 g/mol. The Morgan fingerprint density at radius 2 is 1.69 bits per heavy atom. The molecular weight excluding hydrogens is 162 g/mol. The van der Waals surface area contributed by atoms with Gasteiger partial charge in [0.25, 0.3) is 0 Å². The Morgan fingerprint density at radius 1 is 1.15 bits per heavy atom. The minimum absolute atomic E-state index is 0.487. The zero-order chi connectivity index (χ0) is 9.90. The summed E-state index contributed by atoms with van der Waals surface area (Å²) in [6.07, 6.45) is 0. The third-order valence-electron chi connectivity index (χ3n) is 1.48. The highest BCUT2D eigenvalue weighted by Gasteiger charge is 2.07. The second-order valence-corrected chi connectivity index (χ2v) is 3.79. The molecule has 0 fully saturated rings. The van der Waals surface area contributed by atoms with E-state index in [2.05, 4.69) is 5.10 Å². The highest BCUT2D eigenvalue weighted by Crippen LogP contribution is 2.00. The summed E-state index contributed by atoms with van der Waals surface area (Å²) in [6, 6.07) is 9.77.